The monoisotopic (exact) mass is 304 g/mol. The number of rotatable bonds is 5. The number of methoxy groups -OCH3 is 1. The van der Waals surface area contributed by atoms with Crippen LogP contribution in [-0.4, -0.2) is 31.2 Å². The summed E-state index contributed by atoms with van der Waals surface area (Å²) in [4.78, 5) is 22.0. The van der Waals surface area contributed by atoms with Gasteiger partial charge in [0, 0.05) is 12.2 Å². The van der Waals surface area contributed by atoms with Crippen molar-refractivity contribution in [2.45, 2.75) is 25.7 Å². The van der Waals surface area contributed by atoms with Gasteiger partial charge in [-0.15, -0.1) is 0 Å². The number of anilines is 1. The SMILES string of the molecule is COC(=O)C(C)NCc1cccc(NC(=O)C(F)(F)F)c1. The summed E-state index contributed by atoms with van der Waals surface area (Å²) in [5, 5.41) is 4.61. The number of esters is 1. The standard InChI is InChI=1S/C13H15F3N2O3/c1-8(11(19)21-2)17-7-9-4-3-5-10(6-9)18-12(20)13(14,15)16/h3-6,8,17H,7H2,1-2H3,(H,18,20). The Kier molecular flexibility index (Phi) is 5.71. The van der Waals surface area contributed by atoms with E-state index >= 15 is 0 Å². The van der Waals surface area contributed by atoms with Gasteiger partial charge in [0.2, 0.25) is 0 Å². The molecule has 1 atom stereocenters. The number of hydrogen-bond donors (Lipinski definition) is 2. The smallest absolute Gasteiger partial charge is 0.468 e. The fourth-order valence-corrected chi connectivity index (χ4v) is 1.49. The van der Waals surface area contributed by atoms with Crippen molar-refractivity contribution in [3.8, 4) is 0 Å². The number of carbonyl (C=O) groups is 2. The highest BCUT2D eigenvalue weighted by molar-refractivity contribution is 5.94. The summed E-state index contributed by atoms with van der Waals surface area (Å²) in [6, 6.07) is 5.34. The average Bonchev–Trinajstić information content (AvgIpc) is 2.43. The molecule has 8 heteroatoms. The molecule has 0 aliphatic carbocycles. The average molecular weight is 304 g/mol. The van der Waals surface area contributed by atoms with Gasteiger partial charge in [0.1, 0.15) is 6.04 Å². The lowest BCUT2D eigenvalue weighted by Crippen LogP contribution is -2.34. The van der Waals surface area contributed by atoms with E-state index in [-0.39, 0.29) is 12.2 Å². The van der Waals surface area contributed by atoms with Crippen LogP contribution in [0.4, 0.5) is 18.9 Å². The van der Waals surface area contributed by atoms with Crippen LogP contribution in [0.25, 0.3) is 0 Å². The van der Waals surface area contributed by atoms with E-state index in [1.54, 1.807) is 18.3 Å². The molecule has 1 rings (SSSR count). The Bertz CT molecular complexity index is 518. The molecular weight excluding hydrogens is 289 g/mol. The minimum absolute atomic E-state index is 0.0300. The maximum atomic E-state index is 12.1. The Labute approximate surface area is 119 Å². The van der Waals surface area contributed by atoms with Crippen LogP contribution in [0.5, 0.6) is 0 Å². The van der Waals surface area contributed by atoms with Gasteiger partial charge >= 0.3 is 18.1 Å². The molecule has 0 spiro atoms. The second kappa shape index (κ2) is 7.07. The van der Waals surface area contributed by atoms with Crippen molar-refractivity contribution in [1.29, 1.82) is 0 Å². The maximum Gasteiger partial charge on any atom is 0.471 e. The van der Waals surface area contributed by atoms with Crippen molar-refractivity contribution in [1.82, 2.24) is 5.32 Å². The number of carbonyl (C=O) groups excluding carboxylic acids is 2. The molecule has 0 fully saturated rings. The quantitative estimate of drug-likeness (QED) is 0.815. The van der Waals surface area contributed by atoms with Crippen LogP contribution in [0.2, 0.25) is 0 Å². The molecule has 2 N–H and O–H groups in total. The summed E-state index contributed by atoms with van der Waals surface area (Å²) in [5.74, 6) is -2.48. The van der Waals surface area contributed by atoms with Crippen molar-refractivity contribution in [3.63, 3.8) is 0 Å². The highest BCUT2D eigenvalue weighted by Gasteiger charge is 2.38. The summed E-state index contributed by atoms with van der Waals surface area (Å²) in [6.07, 6.45) is -4.94. The Morgan fingerprint density at radius 3 is 2.57 bits per heavy atom. The number of benzene rings is 1. The lowest BCUT2D eigenvalue weighted by molar-refractivity contribution is -0.167. The molecule has 0 saturated carbocycles. The molecule has 0 aliphatic heterocycles. The van der Waals surface area contributed by atoms with Gasteiger partial charge < -0.3 is 15.4 Å². The third-order valence-corrected chi connectivity index (χ3v) is 2.61. The molecule has 1 amide bonds. The lowest BCUT2D eigenvalue weighted by Gasteiger charge is -2.12. The molecule has 1 aromatic carbocycles. The van der Waals surface area contributed by atoms with Crippen LogP contribution in [0.1, 0.15) is 12.5 Å². The molecule has 0 bridgehead atoms. The molecule has 1 aromatic rings. The van der Waals surface area contributed by atoms with Crippen LogP contribution < -0.4 is 10.6 Å². The van der Waals surface area contributed by atoms with E-state index in [0.29, 0.717) is 5.56 Å². The number of ether oxygens (including phenoxy) is 1. The van der Waals surface area contributed by atoms with Crippen LogP contribution >= 0.6 is 0 Å². The van der Waals surface area contributed by atoms with E-state index < -0.39 is 24.1 Å². The molecule has 0 aromatic heterocycles. The summed E-state index contributed by atoms with van der Waals surface area (Å²) in [7, 11) is 1.26. The van der Waals surface area contributed by atoms with Crippen molar-refractivity contribution >= 4 is 17.6 Å². The summed E-state index contributed by atoms with van der Waals surface area (Å²) < 4.78 is 41.0. The topological polar surface area (TPSA) is 67.4 Å². The van der Waals surface area contributed by atoms with Crippen LogP contribution in [-0.2, 0) is 20.9 Å². The predicted molar refractivity (Wildman–Crippen MR) is 69.4 cm³/mol. The number of alkyl halides is 3. The zero-order valence-electron chi connectivity index (χ0n) is 11.5. The van der Waals surface area contributed by atoms with Gasteiger partial charge in [-0.1, -0.05) is 12.1 Å². The fourth-order valence-electron chi connectivity index (χ4n) is 1.49. The second-order valence-electron chi connectivity index (χ2n) is 4.28. The Balaban J connectivity index is 2.65. The van der Waals surface area contributed by atoms with E-state index in [0.717, 1.165) is 0 Å². The summed E-state index contributed by atoms with van der Waals surface area (Å²) in [5.41, 5.74) is 0.646. The van der Waals surface area contributed by atoms with Gasteiger partial charge in [0.25, 0.3) is 0 Å². The molecule has 0 aliphatic rings. The predicted octanol–water partition coefficient (Wildman–Crippen LogP) is 1.84. The largest absolute Gasteiger partial charge is 0.471 e. The minimum Gasteiger partial charge on any atom is -0.468 e. The molecular formula is C13H15F3N2O3. The van der Waals surface area contributed by atoms with E-state index in [9.17, 15) is 22.8 Å². The van der Waals surface area contributed by atoms with Crippen LogP contribution in [0.3, 0.4) is 0 Å². The third kappa shape index (κ3) is 5.42. The van der Waals surface area contributed by atoms with E-state index in [1.165, 1.54) is 25.3 Å². The van der Waals surface area contributed by atoms with Gasteiger partial charge in [-0.2, -0.15) is 13.2 Å². The fraction of sp³-hybridized carbons (Fsp3) is 0.385. The molecule has 0 radical (unpaired) electrons. The van der Waals surface area contributed by atoms with E-state index in [1.807, 2.05) is 0 Å². The first-order valence-electron chi connectivity index (χ1n) is 6.02. The molecule has 5 nitrogen and oxygen atoms in total. The Hall–Kier alpha value is -2.09. The Morgan fingerprint density at radius 2 is 2.00 bits per heavy atom. The summed E-state index contributed by atoms with van der Waals surface area (Å²) >= 11 is 0. The number of halogens is 3. The van der Waals surface area contributed by atoms with Gasteiger partial charge in [-0.05, 0) is 24.6 Å². The van der Waals surface area contributed by atoms with Gasteiger partial charge in [0.15, 0.2) is 0 Å². The zero-order valence-corrected chi connectivity index (χ0v) is 11.5. The number of amides is 1. The first-order valence-corrected chi connectivity index (χ1v) is 6.02. The van der Waals surface area contributed by atoms with Gasteiger partial charge in [0.05, 0.1) is 7.11 Å². The van der Waals surface area contributed by atoms with Crippen molar-refractivity contribution < 1.29 is 27.5 Å². The first-order chi connectivity index (χ1) is 9.74. The Morgan fingerprint density at radius 1 is 1.33 bits per heavy atom. The highest BCUT2D eigenvalue weighted by atomic mass is 19.4. The molecule has 0 heterocycles. The lowest BCUT2D eigenvalue weighted by atomic mass is 10.2. The third-order valence-electron chi connectivity index (χ3n) is 2.61. The van der Waals surface area contributed by atoms with Crippen molar-refractivity contribution in [3.05, 3.63) is 29.8 Å². The van der Waals surface area contributed by atoms with E-state index in [2.05, 4.69) is 10.1 Å². The normalized spacial score (nSPS) is 12.6. The van der Waals surface area contributed by atoms with Crippen LogP contribution in [0, 0.1) is 0 Å². The number of nitrogens with one attached hydrogen (secondary N) is 2. The number of hydrogen-bond acceptors (Lipinski definition) is 4. The maximum absolute atomic E-state index is 12.1. The second-order valence-corrected chi connectivity index (χ2v) is 4.28. The molecule has 21 heavy (non-hydrogen) atoms. The first kappa shape index (κ1) is 17.0. The van der Waals surface area contributed by atoms with Crippen molar-refractivity contribution in [2.24, 2.45) is 0 Å². The zero-order chi connectivity index (χ0) is 16.0. The molecule has 116 valence electrons. The molecule has 0 saturated heterocycles. The highest BCUT2D eigenvalue weighted by Crippen LogP contribution is 2.18. The minimum atomic E-state index is -4.94. The molecule has 1 unspecified atom stereocenters. The van der Waals surface area contributed by atoms with E-state index in [4.69, 9.17) is 0 Å². The van der Waals surface area contributed by atoms with Gasteiger partial charge in [-0.25, -0.2) is 0 Å². The van der Waals surface area contributed by atoms with Gasteiger partial charge in [-0.3, -0.25) is 9.59 Å². The van der Waals surface area contributed by atoms with Crippen LogP contribution in [0.15, 0.2) is 24.3 Å². The summed E-state index contributed by atoms with van der Waals surface area (Å²) in [6.45, 7) is 1.84. The van der Waals surface area contributed by atoms with Crippen molar-refractivity contribution in [2.75, 3.05) is 12.4 Å².